The van der Waals surface area contributed by atoms with Gasteiger partial charge >= 0.3 is 5.97 Å². The second-order valence-electron chi connectivity index (χ2n) is 4.13. The number of carbonyl (C=O) groups excluding carboxylic acids is 1. The van der Waals surface area contributed by atoms with E-state index in [2.05, 4.69) is 16.7 Å². The van der Waals surface area contributed by atoms with Crippen LogP contribution in [0.25, 0.3) is 0 Å². The summed E-state index contributed by atoms with van der Waals surface area (Å²) in [5.74, 6) is -0.381. The summed E-state index contributed by atoms with van der Waals surface area (Å²) < 4.78 is 4.83. The Balaban J connectivity index is 2.10. The Morgan fingerprint density at radius 1 is 1.53 bits per heavy atom. The third-order valence-corrected chi connectivity index (χ3v) is 2.77. The van der Waals surface area contributed by atoms with Gasteiger partial charge in [-0.1, -0.05) is 24.3 Å². The van der Waals surface area contributed by atoms with Crippen molar-refractivity contribution in [3.63, 3.8) is 0 Å². The minimum Gasteiger partial charge on any atom is -0.465 e. The molecule has 2 aliphatic rings. The fraction of sp³-hybridized carbons (Fsp3) is 0.286. The molecule has 0 amide bonds. The van der Waals surface area contributed by atoms with Crippen molar-refractivity contribution in [2.75, 3.05) is 13.2 Å². The van der Waals surface area contributed by atoms with Crippen LogP contribution in [0.3, 0.4) is 0 Å². The highest BCUT2D eigenvalue weighted by molar-refractivity contribution is 5.72. The Hall–Kier alpha value is -2.32. The minimum atomic E-state index is -1.07. The van der Waals surface area contributed by atoms with Crippen molar-refractivity contribution in [3.05, 3.63) is 47.7 Å². The van der Waals surface area contributed by atoms with Crippen molar-refractivity contribution in [2.45, 2.75) is 12.6 Å². The lowest BCUT2D eigenvalue weighted by Crippen LogP contribution is -2.53. The zero-order chi connectivity index (χ0) is 13.7. The smallest absolute Gasteiger partial charge is 0.320 e. The number of allylic oxidation sites excluding steroid dienone is 5. The van der Waals surface area contributed by atoms with E-state index >= 15 is 0 Å². The van der Waals surface area contributed by atoms with Gasteiger partial charge in [0.05, 0.1) is 13.2 Å². The molecule has 0 bridgehead atoms. The van der Waals surface area contributed by atoms with E-state index in [9.17, 15) is 10.1 Å². The summed E-state index contributed by atoms with van der Waals surface area (Å²) in [5.41, 5.74) is 0.703. The molecular formula is C14H15N3O2. The molecule has 19 heavy (non-hydrogen) atoms. The zero-order valence-corrected chi connectivity index (χ0v) is 10.6. The molecule has 2 rings (SSSR count). The number of ether oxygens (including phenoxy) is 1. The van der Waals surface area contributed by atoms with Crippen LogP contribution in [-0.4, -0.2) is 24.8 Å². The fourth-order valence-corrected chi connectivity index (χ4v) is 1.90. The number of nitrogens with one attached hydrogen (secondary N) is 2. The van der Waals surface area contributed by atoms with Crippen LogP contribution < -0.4 is 10.6 Å². The van der Waals surface area contributed by atoms with E-state index in [-0.39, 0.29) is 12.5 Å². The first-order valence-corrected chi connectivity index (χ1v) is 6.07. The Bertz CT molecular complexity index is 537. The minimum absolute atomic E-state index is 0.0228. The van der Waals surface area contributed by atoms with E-state index in [1.807, 2.05) is 30.4 Å². The van der Waals surface area contributed by atoms with Crippen LogP contribution in [0.15, 0.2) is 47.7 Å². The van der Waals surface area contributed by atoms with E-state index in [1.165, 1.54) is 0 Å². The molecule has 0 radical (unpaired) electrons. The lowest BCUT2D eigenvalue weighted by atomic mass is 10.1. The molecule has 0 aromatic rings. The van der Waals surface area contributed by atoms with Crippen LogP contribution in [-0.2, 0) is 9.53 Å². The summed E-state index contributed by atoms with van der Waals surface area (Å²) in [6, 6.07) is 2.15. The van der Waals surface area contributed by atoms with Gasteiger partial charge in [-0.25, -0.2) is 0 Å². The molecule has 1 aliphatic carbocycles. The molecule has 1 heterocycles. The predicted octanol–water partition coefficient (Wildman–Crippen LogP) is 0.898. The monoisotopic (exact) mass is 257 g/mol. The van der Waals surface area contributed by atoms with Gasteiger partial charge in [0.25, 0.3) is 0 Å². The van der Waals surface area contributed by atoms with Gasteiger partial charge in [0.1, 0.15) is 6.07 Å². The Kier molecular flexibility index (Phi) is 3.83. The highest BCUT2D eigenvalue weighted by Gasteiger charge is 2.34. The van der Waals surface area contributed by atoms with Gasteiger partial charge in [0.15, 0.2) is 5.66 Å². The molecule has 1 unspecified atom stereocenters. The molecule has 0 spiro atoms. The Morgan fingerprint density at radius 2 is 2.37 bits per heavy atom. The van der Waals surface area contributed by atoms with Crippen LogP contribution in [0.1, 0.15) is 6.92 Å². The summed E-state index contributed by atoms with van der Waals surface area (Å²) in [6.07, 6.45) is 11.3. The average Bonchev–Trinajstić information content (AvgIpc) is 2.63. The first kappa shape index (κ1) is 13.1. The summed E-state index contributed by atoms with van der Waals surface area (Å²) >= 11 is 0. The van der Waals surface area contributed by atoms with E-state index in [0.29, 0.717) is 6.61 Å². The molecule has 0 saturated heterocycles. The average molecular weight is 257 g/mol. The second kappa shape index (κ2) is 5.55. The lowest BCUT2D eigenvalue weighted by Gasteiger charge is -2.21. The maximum absolute atomic E-state index is 11.3. The Morgan fingerprint density at radius 3 is 3.11 bits per heavy atom. The van der Waals surface area contributed by atoms with Crippen LogP contribution in [0.4, 0.5) is 0 Å². The fourth-order valence-electron chi connectivity index (χ4n) is 1.90. The molecule has 5 heteroatoms. The highest BCUT2D eigenvalue weighted by atomic mass is 16.5. The highest BCUT2D eigenvalue weighted by Crippen LogP contribution is 2.25. The van der Waals surface area contributed by atoms with Gasteiger partial charge in [0.2, 0.25) is 0 Å². The van der Waals surface area contributed by atoms with Crippen molar-refractivity contribution in [2.24, 2.45) is 0 Å². The van der Waals surface area contributed by atoms with Gasteiger partial charge < -0.3 is 10.1 Å². The van der Waals surface area contributed by atoms with E-state index < -0.39 is 5.66 Å². The molecular weight excluding hydrogens is 242 g/mol. The van der Waals surface area contributed by atoms with Gasteiger partial charge in [-0.15, -0.1) is 0 Å². The summed E-state index contributed by atoms with van der Waals surface area (Å²) in [4.78, 5) is 11.3. The number of nitriles is 1. The number of carbonyl (C=O) groups is 1. The second-order valence-corrected chi connectivity index (χ2v) is 4.13. The summed E-state index contributed by atoms with van der Waals surface area (Å²) in [6.45, 7) is 2.05. The van der Waals surface area contributed by atoms with E-state index in [1.54, 1.807) is 13.0 Å². The summed E-state index contributed by atoms with van der Waals surface area (Å²) in [5, 5.41) is 15.3. The summed E-state index contributed by atoms with van der Waals surface area (Å²) in [7, 11) is 0. The van der Waals surface area contributed by atoms with Gasteiger partial charge in [0, 0.05) is 5.70 Å². The number of rotatable bonds is 4. The first-order valence-electron chi connectivity index (χ1n) is 6.07. The number of fused-ring (bicyclic) bond motifs is 1. The van der Waals surface area contributed by atoms with Crippen LogP contribution in [0.2, 0.25) is 0 Å². The molecule has 98 valence electrons. The molecule has 1 atom stereocenters. The van der Waals surface area contributed by atoms with E-state index in [4.69, 9.17) is 4.74 Å². The molecule has 0 fully saturated rings. The van der Waals surface area contributed by atoms with Crippen LogP contribution in [0, 0.1) is 11.3 Å². The predicted molar refractivity (Wildman–Crippen MR) is 70.6 cm³/mol. The third kappa shape index (κ3) is 2.92. The molecule has 5 nitrogen and oxygen atoms in total. The van der Waals surface area contributed by atoms with Crippen LogP contribution >= 0.6 is 0 Å². The van der Waals surface area contributed by atoms with Crippen molar-refractivity contribution in [1.82, 2.24) is 10.6 Å². The molecule has 0 saturated carbocycles. The van der Waals surface area contributed by atoms with Gasteiger partial charge in [-0.3, -0.25) is 10.1 Å². The number of hydrogen-bond acceptors (Lipinski definition) is 5. The van der Waals surface area contributed by atoms with Crippen molar-refractivity contribution in [1.29, 1.82) is 5.26 Å². The van der Waals surface area contributed by atoms with Gasteiger partial charge in [-0.05, 0) is 24.6 Å². The number of nitrogens with zero attached hydrogens (tertiary/aromatic N) is 1. The Labute approximate surface area is 111 Å². The first-order chi connectivity index (χ1) is 9.19. The largest absolute Gasteiger partial charge is 0.465 e. The number of esters is 1. The third-order valence-electron chi connectivity index (χ3n) is 2.77. The van der Waals surface area contributed by atoms with Crippen molar-refractivity contribution in [3.8, 4) is 6.07 Å². The molecule has 0 aromatic heterocycles. The van der Waals surface area contributed by atoms with Crippen molar-refractivity contribution >= 4 is 5.97 Å². The normalized spacial score (nSPS) is 23.6. The van der Waals surface area contributed by atoms with Crippen molar-refractivity contribution < 1.29 is 9.53 Å². The van der Waals surface area contributed by atoms with E-state index in [0.717, 1.165) is 11.3 Å². The maximum Gasteiger partial charge on any atom is 0.320 e. The molecule has 2 N–H and O–H groups in total. The zero-order valence-electron chi connectivity index (χ0n) is 10.6. The molecule has 0 aromatic carbocycles. The number of hydrogen-bond donors (Lipinski definition) is 2. The van der Waals surface area contributed by atoms with Crippen LogP contribution in [0.5, 0.6) is 0 Å². The standard InChI is InChI=1S/C14H15N3O2/c1-2-19-13(18)9-16-14(10-15)8-11-6-4-3-5-7-12(11)17-14/h3-8,16-17H,2,9H2,1H3. The lowest BCUT2D eigenvalue weighted by molar-refractivity contribution is -0.142. The van der Waals surface area contributed by atoms with Gasteiger partial charge in [-0.2, -0.15) is 5.26 Å². The maximum atomic E-state index is 11.3. The topological polar surface area (TPSA) is 74.1 Å². The quantitative estimate of drug-likeness (QED) is 0.732. The SMILES string of the molecule is CCOC(=O)CNC1(C#N)C=C2C=CC=CC=C2N1. The molecule has 1 aliphatic heterocycles.